The maximum atomic E-state index is 13.8. The third-order valence-electron chi connectivity index (χ3n) is 4.92. The first-order valence-electron chi connectivity index (χ1n) is 8.92. The Labute approximate surface area is 152 Å². The zero-order valence-electron chi connectivity index (χ0n) is 14.8. The number of fused-ring (bicyclic) bond motifs is 1. The van der Waals surface area contributed by atoms with E-state index in [1.165, 1.54) is 22.6 Å². The molecule has 0 saturated heterocycles. The van der Waals surface area contributed by atoms with Gasteiger partial charge in [0, 0.05) is 42.4 Å². The minimum atomic E-state index is -0.138. The molecule has 3 nitrogen and oxygen atoms in total. The van der Waals surface area contributed by atoms with Gasteiger partial charge in [0.2, 0.25) is 0 Å². The van der Waals surface area contributed by atoms with E-state index in [0.717, 1.165) is 24.2 Å². The summed E-state index contributed by atoms with van der Waals surface area (Å²) < 4.78 is 13.8. The predicted octanol–water partition coefficient (Wildman–Crippen LogP) is 4.80. The molecule has 2 aromatic heterocycles. The van der Waals surface area contributed by atoms with Gasteiger partial charge in [-0.25, -0.2) is 9.37 Å². The van der Waals surface area contributed by atoms with Crippen LogP contribution in [0.15, 0.2) is 72.6 Å². The van der Waals surface area contributed by atoms with Crippen molar-refractivity contribution in [3.8, 4) is 0 Å². The Morgan fingerprint density at radius 2 is 2.08 bits per heavy atom. The summed E-state index contributed by atoms with van der Waals surface area (Å²) in [5.41, 5.74) is 4.26. The van der Waals surface area contributed by atoms with Gasteiger partial charge in [0.05, 0.1) is 0 Å². The number of halogens is 1. The van der Waals surface area contributed by atoms with Crippen molar-refractivity contribution in [1.82, 2.24) is 14.9 Å². The van der Waals surface area contributed by atoms with E-state index in [-0.39, 0.29) is 5.82 Å². The Morgan fingerprint density at radius 3 is 2.88 bits per heavy atom. The fraction of sp³-hybridized carbons (Fsp3) is 0.227. The molecule has 0 aliphatic heterocycles. The van der Waals surface area contributed by atoms with E-state index in [2.05, 4.69) is 45.2 Å². The van der Waals surface area contributed by atoms with Gasteiger partial charge in [-0.3, -0.25) is 4.90 Å². The molecule has 3 aromatic rings. The highest BCUT2D eigenvalue weighted by Crippen LogP contribution is 2.31. The van der Waals surface area contributed by atoms with Crippen LogP contribution in [0.2, 0.25) is 0 Å². The van der Waals surface area contributed by atoms with Crippen molar-refractivity contribution in [3.05, 3.63) is 89.5 Å². The Bertz CT molecular complexity index is 970. The number of benzene rings is 1. The summed E-state index contributed by atoms with van der Waals surface area (Å²) in [4.78, 5) is 9.68. The third kappa shape index (κ3) is 3.46. The van der Waals surface area contributed by atoms with Gasteiger partial charge in [0.25, 0.3) is 0 Å². The molecular formula is C22H22FN3. The predicted molar refractivity (Wildman–Crippen MR) is 103 cm³/mol. The van der Waals surface area contributed by atoms with E-state index in [4.69, 9.17) is 0 Å². The molecule has 0 saturated carbocycles. The van der Waals surface area contributed by atoms with Gasteiger partial charge in [-0.05, 0) is 42.8 Å². The lowest BCUT2D eigenvalue weighted by Gasteiger charge is -2.22. The second kappa shape index (κ2) is 7.26. The molecule has 0 fully saturated rings. The van der Waals surface area contributed by atoms with Gasteiger partial charge >= 0.3 is 0 Å². The smallest absolute Gasteiger partial charge is 0.137 e. The number of hydrogen-bond acceptors (Lipinski definition) is 2. The highest BCUT2D eigenvalue weighted by molar-refractivity contribution is 5.80. The van der Waals surface area contributed by atoms with Gasteiger partial charge < -0.3 is 4.98 Å². The highest BCUT2D eigenvalue weighted by Gasteiger charge is 2.15. The van der Waals surface area contributed by atoms with E-state index in [1.807, 2.05) is 31.6 Å². The Kier molecular flexibility index (Phi) is 4.67. The van der Waals surface area contributed by atoms with Crippen LogP contribution in [0.3, 0.4) is 0 Å². The van der Waals surface area contributed by atoms with Crippen LogP contribution in [0.4, 0.5) is 4.39 Å². The average Bonchev–Trinajstić information content (AvgIpc) is 3.13. The topological polar surface area (TPSA) is 31.9 Å². The molecule has 1 aromatic carbocycles. The summed E-state index contributed by atoms with van der Waals surface area (Å²) in [5.74, 6) is 0.234. The van der Waals surface area contributed by atoms with E-state index in [1.54, 1.807) is 6.07 Å². The first kappa shape index (κ1) is 16.7. The SMILES string of the molecule is CN(CC1=CCC(c2ccnc3[nH]ccc23)C=C1)Cc1ccccc1F. The Hall–Kier alpha value is -2.72. The van der Waals surface area contributed by atoms with Crippen molar-refractivity contribution in [3.63, 3.8) is 0 Å². The van der Waals surface area contributed by atoms with Crippen LogP contribution in [-0.2, 0) is 6.54 Å². The average molecular weight is 347 g/mol. The maximum Gasteiger partial charge on any atom is 0.137 e. The normalized spacial score (nSPS) is 17.0. The van der Waals surface area contributed by atoms with Crippen molar-refractivity contribution in [1.29, 1.82) is 0 Å². The zero-order chi connectivity index (χ0) is 17.9. The maximum absolute atomic E-state index is 13.8. The van der Waals surface area contributed by atoms with Gasteiger partial charge in [0.15, 0.2) is 0 Å². The first-order chi connectivity index (χ1) is 12.7. The number of aromatic amines is 1. The number of H-pyrrole nitrogens is 1. The van der Waals surface area contributed by atoms with Crippen LogP contribution in [0.25, 0.3) is 11.0 Å². The molecule has 1 N–H and O–H groups in total. The molecular weight excluding hydrogens is 325 g/mol. The van der Waals surface area contributed by atoms with Crippen molar-refractivity contribution < 1.29 is 4.39 Å². The van der Waals surface area contributed by atoms with Gasteiger partial charge in [-0.1, -0.05) is 36.4 Å². The summed E-state index contributed by atoms with van der Waals surface area (Å²) in [5, 5.41) is 1.19. The number of allylic oxidation sites excluding steroid dienone is 2. The lowest BCUT2D eigenvalue weighted by Crippen LogP contribution is -2.21. The van der Waals surface area contributed by atoms with Gasteiger partial charge in [-0.2, -0.15) is 0 Å². The van der Waals surface area contributed by atoms with E-state index >= 15 is 0 Å². The number of nitrogens with one attached hydrogen (secondary N) is 1. The Morgan fingerprint density at radius 1 is 1.19 bits per heavy atom. The molecule has 132 valence electrons. The summed E-state index contributed by atoms with van der Waals surface area (Å²) in [6.07, 6.45) is 11.5. The number of likely N-dealkylation sites (N-methyl/N-ethyl adjacent to an activating group) is 1. The van der Waals surface area contributed by atoms with Crippen molar-refractivity contribution in [2.45, 2.75) is 18.9 Å². The molecule has 4 heteroatoms. The Balaban J connectivity index is 1.41. The number of pyridine rings is 1. The van der Waals surface area contributed by atoms with E-state index < -0.39 is 0 Å². The third-order valence-corrected chi connectivity index (χ3v) is 4.92. The van der Waals surface area contributed by atoms with Crippen molar-refractivity contribution >= 4 is 11.0 Å². The second-order valence-electron chi connectivity index (χ2n) is 6.88. The van der Waals surface area contributed by atoms with Crippen molar-refractivity contribution in [2.24, 2.45) is 0 Å². The zero-order valence-corrected chi connectivity index (χ0v) is 14.8. The molecule has 1 unspecified atom stereocenters. The molecule has 0 spiro atoms. The van der Waals surface area contributed by atoms with E-state index in [9.17, 15) is 4.39 Å². The quantitative estimate of drug-likeness (QED) is 0.719. The molecule has 1 atom stereocenters. The summed E-state index contributed by atoms with van der Waals surface area (Å²) in [6.45, 7) is 1.42. The molecule has 0 bridgehead atoms. The van der Waals surface area contributed by atoms with Crippen LogP contribution >= 0.6 is 0 Å². The fourth-order valence-electron chi connectivity index (χ4n) is 3.60. The standard InChI is InChI=1S/C22H22FN3/c1-26(15-18-4-2-3-5-21(18)23)14-16-6-8-17(9-7-16)19-10-12-24-22-20(19)11-13-25-22/h2-8,10-13,17H,9,14-15H2,1H3,(H,24,25). The number of aromatic nitrogens is 2. The summed E-state index contributed by atoms with van der Waals surface area (Å²) in [6, 6.07) is 11.2. The molecule has 2 heterocycles. The lowest BCUT2D eigenvalue weighted by molar-refractivity contribution is 0.350. The minimum absolute atomic E-state index is 0.138. The van der Waals surface area contributed by atoms with Crippen LogP contribution in [-0.4, -0.2) is 28.5 Å². The molecule has 0 radical (unpaired) electrons. The lowest BCUT2D eigenvalue weighted by atomic mass is 9.89. The summed E-state index contributed by atoms with van der Waals surface area (Å²) >= 11 is 0. The molecule has 4 rings (SSSR count). The largest absolute Gasteiger partial charge is 0.346 e. The number of rotatable bonds is 5. The monoisotopic (exact) mass is 347 g/mol. The molecule has 26 heavy (non-hydrogen) atoms. The molecule has 0 amide bonds. The summed E-state index contributed by atoms with van der Waals surface area (Å²) in [7, 11) is 2.03. The fourth-order valence-corrected chi connectivity index (χ4v) is 3.60. The van der Waals surface area contributed by atoms with Crippen LogP contribution in [0.5, 0.6) is 0 Å². The van der Waals surface area contributed by atoms with Gasteiger partial charge in [-0.15, -0.1) is 0 Å². The minimum Gasteiger partial charge on any atom is -0.346 e. The van der Waals surface area contributed by atoms with Crippen molar-refractivity contribution in [2.75, 3.05) is 13.6 Å². The van der Waals surface area contributed by atoms with E-state index in [0.29, 0.717) is 12.5 Å². The second-order valence-corrected chi connectivity index (χ2v) is 6.88. The van der Waals surface area contributed by atoms with Crippen LogP contribution in [0.1, 0.15) is 23.5 Å². The first-order valence-corrected chi connectivity index (χ1v) is 8.92. The number of nitrogens with zero attached hydrogens (tertiary/aromatic N) is 2. The molecule has 1 aliphatic carbocycles. The highest BCUT2D eigenvalue weighted by atomic mass is 19.1. The van der Waals surface area contributed by atoms with Crippen LogP contribution in [0, 0.1) is 5.82 Å². The van der Waals surface area contributed by atoms with Crippen LogP contribution < -0.4 is 0 Å². The molecule has 1 aliphatic rings. The number of hydrogen-bond donors (Lipinski definition) is 1. The van der Waals surface area contributed by atoms with Gasteiger partial charge in [0.1, 0.15) is 11.5 Å².